The minimum absolute atomic E-state index is 0.0954. The first-order valence-electron chi connectivity index (χ1n) is 9.70. The number of aromatic amines is 1. The van der Waals surface area contributed by atoms with Crippen LogP contribution in [0.3, 0.4) is 0 Å². The van der Waals surface area contributed by atoms with Crippen molar-refractivity contribution in [2.75, 3.05) is 5.32 Å². The van der Waals surface area contributed by atoms with Crippen LogP contribution in [-0.2, 0) is 11.2 Å². The summed E-state index contributed by atoms with van der Waals surface area (Å²) in [5, 5.41) is 10.8. The molecule has 3 aromatic carbocycles. The van der Waals surface area contributed by atoms with Crippen molar-refractivity contribution < 1.29 is 9.21 Å². The highest BCUT2D eigenvalue weighted by atomic mass is 35.5. The summed E-state index contributed by atoms with van der Waals surface area (Å²) in [6.07, 6.45) is 2.04. The molecular weight excluding hydrogens is 412 g/mol. The first-order valence-corrected chi connectivity index (χ1v) is 10.1. The lowest BCUT2D eigenvalue weighted by atomic mass is 10.1. The Bertz CT molecular complexity index is 1320. The molecule has 0 bridgehead atoms. The van der Waals surface area contributed by atoms with Crippen LogP contribution in [0.4, 0.5) is 5.69 Å². The Morgan fingerprint density at radius 2 is 1.77 bits per heavy atom. The second-order valence-electron chi connectivity index (χ2n) is 7.06. The summed E-state index contributed by atoms with van der Waals surface area (Å²) in [5.41, 5.74) is 5.52. The van der Waals surface area contributed by atoms with Gasteiger partial charge in [0.1, 0.15) is 11.2 Å². The highest BCUT2D eigenvalue weighted by molar-refractivity contribution is 6.30. The second-order valence-corrected chi connectivity index (χ2v) is 7.50. The average Bonchev–Trinajstić information content (AvgIpc) is 3.42. The van der Waals surface area contributed by atoms with Gasteiger partial charge in [-0.05, 0) is 42.0 Å². The summed E-state index contributed by atoms with van der Waals surface area (Å²) in [6.45, 7) is 0. The number of hydrogen-bond acceptors (Lipinski definition) is 4. The van der Waals surface area contributed by atoms with Crippen molar-refractivity contribution in [3.05, 3.63) is 89.6 Å². The third-order valence-electron chi connectivity index (χ3n) is 4.88. The van der Waals surface area contributed by atoms with Gasteiger partial charge < -0.3 is 9.73 Å². The fraction of sp³-hybridized carbons (Fsp3) is 0.0417. The van der Waals surface area contributed by atoms with Crippen LogP contribution >= 0.6 is 11.6 Å². The summed E-state index contributed by atoms with van der Waals surface area (Å²) in [4.78, 5) is 16.9. The summed E-state index contributed by atoms with van der Waals surface area (Å²) in [6, 6.07) is 22.4. The molecule has 6 nitrogen and oxygen atoms in total. The normalized spacial score (nSPS) is 11.0. The van der Waals surface area contributed by atoms with Crippen molar-refractivity contribution in [3.8, 4) is 22.7 Å². The van der Waals surface area contributed by atoms with E-state index in [9.17, 15) is 4.79 Å². The van der Waals surface area contributed by atoms with Gasteiger partial charge in [-0.15, -0.1) is 0 Å². The topological polar surface area (TPSA) is 83.8 Å². The number of oxazole rings is 1. The molecule has 152 valence electrons. The van der Waals surface area contributed by atoms with Gasteiger partial charge in [0, 0.05) is 22.5 Å². The quantitative estimate of drug-likeness (QED) is 0.375. The molecule has 0 atom stereocenters. The van der Waals surface area contributed by atoms with Crippen LogP contribution < -0.4 is 5.32 Å². The summed E-state index contributed by atoms with van der Waals surface area (Å²) >= 11 is 5.89. The highest BCUT2D eigenvalue weighted by Gasteiger charge is 2.16. The van der Waals surface area contributed by atoms with Crippen LogP contribution in [0, 0.1) is 0 Å². The van der Waals surface area contributed by atoms with Crippen LogP contribution in [0.15, 0.2) is 83.4 Å². The Labute approximate surface area is 182 Å². The fourth-order valence-electron chi connectivity index (χ4n) is 3.36. The molecule has 0 aliphatic heterocycles. The van der Waals surface area contributed by atoms with Crippen molar-refractivity contribution in [1.82, 2.24) is 15.2 Å². The van der Waals surface area contributed by atoms with E-state index in [-0.39, 0.29) is 12.3 Å². The lowest BCUT2D eigenvalue weighted by Gasteiger charge is -2.07. The molecule has 0 saturated heterocycles. The third-order valence-corrected chi connectivity index (χ3v) is 5.14. The van der Waals surface area contributed by atoms with E-state index in [2.05, 4.69) is 20.5 Å². The maximum atomic E-state index is 12.3. The number of halogens is 1. The number of nitrogens with one attached hydrogen (secondary N) is 2. The monoisotopic (exact) mass is 428 g/mol. The van der Waals surface area contributed by atoms with Crippen molar-refractivity contribution >= 4 is 34.3 Å². The lowest BCUT2D eigenvalue weighted by molar-refractivity contribution is -0.115. The van der Waals surface area contributed by atoms with E-state index in [0.29, 0.717) is 16.6 Å². The van der Waals surface area contributed by atoms with Crippen LogP contribution in [0.1, 0.15) is 5.56 Å². The van der Waals surface area contributed by atoms with Crippen molar-refractivity contribution in [3.63, 3.8) is 0 Å². The Morgan fingerprint density at radius 1 is 1.00 bits per heavy atom. The summed E-state index contributed by atoms with van der Waals surface area (Å²) in [5.74, 6) is 0.410. The predicted molar refractivity (Wildman–Crippen MR) is 121 cm³/mol. The van der Waals surface area contributed by atoms with E-state index in [0.717, 1.165) is 33.5 Å². The zero-order valence-electron chi connectivity index (χ0n) is 16.3. The maximum absolute atomic E-state index is 12.3. The average molecular weight is 429 g/mol. The van der Waals surface area contributed by atoms with Gasteiger partial charge in [0.2, 0.25) is 11.8 Å². The number of anilines is 1. The highest BCUT2D eigenvalue weighted by Crippen LogP contribution is 2.32. The zero-order valence-corrected chi connectivity index (χ0v) is 17.1. The van der Waals surface area contributed by atoms with Crippen molar-refractivity contribution in [2.24, 2.45) is 0 Å². The zero-order chi connectivity index (χ0) is 21.2. The van der Waals surface area contributed by atoms with E-state index < -0.39 is 0 Å². The van der Waals surface area contributed by atoms with E-state index in [1.165, 1.54) is 0 Å². The van der Waals surface area contributed by atoms with E-state index in [1.54, 1.807) is 18.3 Å². The third kappa shape index (κ3) is 4.06. The molecule has 5 aromatic rings. The number of nitrogens with zero attached hydrogens (tertiary/aromatic N) is 2. The van der Waals surface area contributed by atoms with Gasteiger partial charge in [-0.3, -0.25) is 9.89 Å². The number of fused-ring (bicyclic) bond motifs is 1. The van der Waals surface area contributed by atoms with Crippen LogP contribution in [-0.4, -0.2) is 21.1 Å². The number of benzene rings is 3. The van der Waals surface area contributed by atoms with Crippen LogP contribution in [0.2, 0.25) is 5.02 Å². The van der Waals surface area contributed by atoms with Crippen molar-refractivity contribution in [1.29, 1.82) is 0 Å². The fourth-order valence-corrected chi connectivity index (χ4v) is 3.49. The van der Waals surface area contributed by atoms with Gasteiger partial charge in [0.05, 0.1) is 12.0 Å². The molecule has 0 spiro atoms. The van der Waals surface area contributed by atoms with Gasteiger partial charge in [0.25, 0.3) is 0 Å². The SMILES string of the molecule is O=C(Cc1ccc(Cl)cc1)Nc1ccc(-c2n[nH]cc2-c2nc3ccccc3o2)cc1. The van der Waals surface area contributed by atoms with Gasteiger partial charge in [-0.25, -0.2) is 4.98 Å². The number of carbonyl (C=O) groups is 1. The molecule has 0 unspecified atom stereocenters. The van der Waals surface area contributed by atoms with Crippen molar-refractivity contribution in [2.45, 2.75) is 6.42 Å². The summed E-state index contributed by atoms with van der Waals surface area (Å²) in [7, 11) is 0. The molecule has 0 radical (unpaired) electrons. The maximum Gasteiger partial charge on any atom is 0.231 e. The lowest BCUT2D eigenvalue weighted by Crippen LogP contribution is -2.14. The molecular formula is C24H17ClN4O2. The molecule has 1 amide bonds. The van der Waals surface area contributed by atoms with E-state index in [1.807, 2.05) is 60.7 Å². The Kier molecular flexibility index (Phi) is 4.98. The molecule has 2 N–H and O–H groups in total. The number of carbonyl (C=O) groups excluding carboxylic acids is 1. The van der Waals surface area contributed by atoms with Gasteiger partial charge in [-0.1, -0.05) is 48.0 Å². The number of aromatic nitrogens is 3. The van der Waals surface area contributed by atoms with Gasteiger partial charge in [0.15, 0.2) is 5.58 Å². The van der Waals surface area contributed by atoms with Crippen LogP contribution in [0.5, 0.6) is 0 Å². The largest absolute Gasteiger partial charge is 0.436 e. The number of rotatable bonds is 5. The molecule has 0 aliphatic rings. The molecule has 0 saturated carbocycles. The number of amides is 1. The number of H-pyrrole nitrogens is 1. The summed E-state index contributed by atoms with van der Waals surface area (Å²) < 4.78 is 5.88. The smallest absolute Gasteiger partial charge is 0.231 e. The molecule has 5 rings (SSSR count). The molecule has 0 fully saturated rings. The number of hydrogen-bond donors (Lipinski definition) is 2. The van der Waals surface area contributed by atoms with Crippen LogP contribution in [0.25, 0.3) is 33.8 Å². The number of para-hydroxylation sites is 2. The Balaban J connectivity index is 1.33. The van der Waals surface area contributed by atoms with E-state index in [4.69, 9.17) is 16.0 Å². The van der Waals surface area contributed by atoms with E-state index >= 15 is 0 Å². The minimum Gasteiger partial charge on any atom is -0.436 e. The van der Waals surface area contributed by atoms with Gasteiger partial charge >= 0.3 is 0 Å². The molecule has 2 aromatic heterocycles. The first-order chi connectivity index (χ1) is 15.2. The Morgan fingerprint density at radius 3 is 2.55 bits per heavy atom. The first kappa shape index (κ1) is 19.1. The van der Waals surface area contributed by atoms with Gasteiger partial charge in [-0.2, -0.15) is 5.10 Å². The molecule has 7 heteroatoms. The minimum atomic E-state index is -0.0954. The Hall–Kier alpha value is -3.90. The second kappa shape index (κ2) is 8.08. The standard InChI is InChI=1S/C24H17ClN4O2/c25-17-9-5-15(6-10-17)13-22(30)27-18-11-7-16(8-12-18)23-19(14-26-29-23)24-28-20-3-1-2-4-21(20)31-24/h1-12,14H,13H2,(H,26,29)(H,27,30). The molecule has 2 heterocycles. The molecule has 31 heavy (non-hydrogen) atoms. The predicted octanol–water partition coefficient (Wildman–Crippen LogP) is 5.72. The molecule has 0 aliphatic carbocycles.